The van der Waals surface area contributed by atoms with Crippen LogP contribution in [-0.2, 0) is 6.54 Å². The topological polar surface area (TPSA) is 73.2 Å². The highest BCUT2D eigenvalue weighted by molar-refractivity contribution is 5.97. The molecule has 0 aliphatic rings. The predicted molar refractivity (Wildman–Crippen MR) is 111 cm³/mol. The second-order valence-electron chi connectivity index (χ2n) is 6.62. The first kappa shape index (κ1) is 19.3. The summed E-state index contributed by atoms with van der Waals surface area (Å²) in [6.45, 7) is 0.0655. The Morgan fingerprint density at radius 2 is 1.87 bits per heavy atom. The molecule has 4 rings (SSSR count). The van der Waals surface area contributed by atoms with E-state index in [-0.39, 0.29) is 23.8 Å². The minimum Gasteiger partial charge on any atom is -0.497 e. The van der Waals surface area contributed by atoms with Crippen molar-refractivity contribution in [1.29, 1.82) is 0 Å². The summed E-state index contributed by atoms with van der Waals surface area (Å²) in [5, 5.41) is 3.07. The fourth-order valence-corrected chi connectivity index (χ4v) is 3.11. The molecule has 0 radical (unpaired) electrons. The SMILES string of the molecule is COc1ccc(-n2cnc3cc(C(=O)NCc4ccccc4F)ccc3c2=O)cc1. The van der Waals surface area contributed by atoms with Crippen LogP contribution in [0.2, 0.25) is 0 Å². The summed E-state index contributed by atoms with van der Waals surface area (Å²) in [5.41, 5.74) is 1.55. The number of fused-ring (bicyclic) bond motifs is 1. The van der Waals surface area contributed by atoms with E-state index in [2.05, 4.69) is 10.3 Å². The number of halogens is 1. The summed E-state index contributed by atoms with van der Waals surface area (Å²) in [5.74, 6) is -0.0649. The first-order chi connectivity index (χ1) is 14.6. The number of nitrogens with one attached hydrogen (secondary N) is 1. The van der Waals surface area contributed by atoms with Crippen LogP contribution in [0, 0.1) is 5.82 Å². The third-order valence-corrected chi connectivity index (χ3v) is 4.77. The molecule has 1 aromatic heterocycles. The average Bonchev–Trinajstić information content (AvgIpc) is 2.78. The zero-order valence-electron chi connectivity index (χ0n) is 16.1. The largest absolute Gasteiger partial charge is 0.497 e. The Hall–Kier alpha value is -4.00. The maximum Gasteiger partial charge on any atom is 0.265 e. The maximum atomic E-state index is 13.7. The number of ether oxygens (including phenoxy) is 1. The quantitative estimate of drug-likeness (QED) is 0.554. The molecule has 150 valence electrons. The van der Waals surface area contributed by atoms with Crippen LogP contribution in [0.25, 0.3) is 16.6 Å². The molecule has 0 bridgehead atoms. The maximum absolute atomic E-state index is 13.7. The van der Waals surface area contributed by atoms with Gasteiger partial charge < -0.3 is 10.1 Å². The fourth-order valence-electron chi connectivity index (χ4n) is 3.11. The second-order valence-corrected chi connectivity index (χ2v) is 6.62. The van der Waals surface area contributed by atoms with Gasteiger partial charge in [0.15, 0.2) is 0 Å². The molecule has 0 aliphatic carbocycles. The number of hydrogen-bond donors (Lipinski definition) is 1. The van der Waals surface area contributed by atoms with Gasteiger partial charge in [-0.05, 0) is 48.5 Å². The van der Waals surface area contributed by atoms with Crippen molar-refractivity contribution in [1.82, 2.24) is 14.9 Å². The molecule has 1 heterocycles. The van der Waals surface area contributed by atoms with E-state index >= 15 is 0 Å². The average molecular weight is 403 g/mol. The fraction of sp³-hybridized carbons (Fsp3) is 0.0870. The van der Waals surface area contributed by atoms with Crippen molar-refractivity contribution in [3.05, 3.63) is 100 Å². The van der Waals surface area contributed by atoms with E-state index in [1.807, 2.05) is 0 Å². The van der Waals surface area contributed by atoms with Gasteiger partial charge in [0.1, 0.15) is 17.9 Å². The van der Waals surface area contributed by atoms with E-state index in [4.69, 9.17) is 4.74 Å². The minimum absolute atomic E-state index is 0.0655. The number of methoxy groups -OCH3 is 1. The van der Waals surface area contributed by atoms with Gasteiger partial charge in [-0.3, -0.25) is 14.2 Å². The van der Waals surface area contributed by atoms with Gasteiger partial charge in [0.05, 0.1) is 23.7 Å². The molecule has 4 aromatic rings. The number of carbonyl (C=O) groups is 1. The van der Waals surface area contributed by atoms with Gasteiger partial charge in [-0.15, -0.1) is 0 Å². The van der Waals surface area contributed by atoms with E-state index in [1.165, 1.54) is 17.0 Å². The molecular formula is C23H18FN3O3. The monoisotopic (exact) mass is 403 g/mol. The summed E-state index contributed by atoms with van der Waals surface area (Å²) in [4.78, 5) is 29.6. The van der Waals surface area contributed by atoms with Gasteiger partial charge in [0, 0.05) is 17.7 Å². The molecule has 0 saturated heterocycles. The van der Waals surface area contributed by atoms with Crippen molar-refractivity contribution < 1.29 is 13.9 Å². The Labute approximate surface area is 171 Å². The Morgan fingerprint density at radius 1 is 1.10 bits per heavy atom. The summed E-state index contributed by atoms with van der Waals surface area (Å²) in [7, 11) is 1.57. The van der Waals surface area contributed by atoms with Crippen molar-refractivity contribution in [3.63, 3.8) is 0 Å². The highest BCUT2D eigenvalue weighted by Crippen LogP contribution is 2.16. The van der Waals surface area contributed by atoms with Crippen LogP contribution in [0.3, 0.4) is 0 Å². The van der Waals surface area contributed by atoms with Crippen molar-refractivity contribution >= 4 is 16.8 Å². The predicted octanol–water partition coefficient (Wildman–Crippen LogP) is 3.46. The smallest absolute Gasteiger partial charge is 0.265 e. The van der Waals surface area contributed by atoms with Crippen LogP contribution in [0.1, 0.15) is 15.9 Å². The van der Waals surface area contributed by atoms with Crippen molar-refractivity contribution in [2.75, 3.05) is 7.11 Å². The highest BCUT2D eigenvalue weighted by atomic mass is 19.1. The first-order valence-corrected chi connectivity index (χ1v) is 9.24. The standard InChI is InChI=1S/C23H18FN3O3/c1-30-18-9-7-17(8-10-18)27-14-26-21-12-15(6-11-19(21)23(27)29)22(28)25-13-16-4-2-3-5-20(16)24/h2-12,14H,13H2,1H3,(H,25,28). The molecule has 0 saturated carbocycles. The summed E-state index contributed by atoms with van der Waals surface area (Å²) in [6, 6.07) is 18.0. The Morgan fingerprint density at radius 3 is 2.60 bits per heavy atom. The number of aromatic nitrogens is 2. The lowest BCUT2D eigenvalue weighted by molar-refractivity contribution is 0.0950. The number of amides is 1. The van der Waals surface area contributed by atoms with Crippen LogP contribution >= 0.6 is 0 Å². The lowest BCUT2D eigenvalue weighted by Gasteiger charge is -2.09. The molecule has 0 aliphatic heterocycles. The number of hydrogen-bond acceptors (Lipinski definition) is 4. The van der Waals surface area contributed by atoms with E-state index in [9.17, 15) is 14.0 Å². The van der Waals surface area contributed by atoms with Crippen LogP contribution < -0.4 is 15.6 Å². The molecule has 3 aromatic carbocycles. The number of carbonyl (C=O) groups excluding carboxylic acids is 1. The molecule has 1 N–H and O–H groups in total. The van der Waals surface area contributed by atoms with E-state index in [1.54, 1.807) is 67.8 Å². The van der Waals surface area contributed by atoms with E-state index < -0.39 is 0 Å². The minimum atomic E-state index is -0.378. The van der Waals surface area contributed by atoms with Crippen molar-refractivity contribution in [2.45, 2.75) is 6.54 Å². The Kier molecular flexibility index (Phi) is 5.26. The van der Waals surface area contributed by atoms with Crippen molar-refractivity contribution in [2.24, 2.45) is 0 Å². The lowest BCUT2D eigenvalue weighted by Crippen LogP contribution is -2.24. The van der Waals surface area contributed by atoms with Gasteiger partial charge in [-0.1, -0.05) is 18.2 Å². The Bertz CT molecular complexity index is 1280. The van der Waals surface area contributed by atoms with E-state index in [0.29, 0.717) is 33.5 Å². The number of rotatable bonds is 5. The van der Waals surface area contributed by atoms with Gasteiger partial charge in [0.25, 0.3) is 11.5 Å². The number of benzene rings is 3. The van der Waals surface area contributed by atoms with E-state index in [0.717, 1.165) is 0 Å². The molecule has 0 atom stereocenters. The summed E-state index contributed by atoms with van der Waals surface area (Å²) in [6.07, 6.45) is 1.42. The highest BCUT2D eigenvalue weighted by Gasteiger charge is 2.11. The number of nitrogens with zero attached hydrogens (tertiary/aromatic N) is 2. The van der Waals surface area contributed by atoms with Crippen molar-refractivity contribution in [3.8, 4) is 11.4 Å². The molecule has 1 amide bonds. The van der Waals surface area contributed by atoms with Gasteiger partial charge in [-0.25, -0.2) is 9.37 Å². The summed E-state index contributed by atoms with van der Waals surface area (Å²) >= 11 is 0. The van der Waals surface area contributed by atoms with Crippen LogP contribution in [0.5, 0.6) is 5.75 Å². The van der Waals surface area contributed by atoms with Crippen LogP contribution in [0.15, 0.2) is 77.9 Å². The molecule has 7 heteroatoms. The van der Waals surface area contributed by atoms with Crippen LogP contribution in [0.4, 0.5) is 4.39 Å². The van der Waals surface area contributed by atoms with Crippen LogP contribution in [-0.4, -0.2) is 22.6 Å². The molecule has 0 spiro atoms. The zero-order chi connectivity index (χ0) is 21.1. The summed E-state index contributed by atoms with van der Waals surface area (Å²) < 4.78 is 20.3. The van der Waals surface area contributed by atoms with Gasteiger partial charge >= 0.3 is 0 Å². The zero-order valence-corrected chi connectivity index (χ0v) is 16.1. The third-order valence-electron chi connectivity index (χ3n) is 4.77. The molecule has 6 nitrogen and oxygen atoms in total. The third kappa shape index (κ3) is 3.77. The molecule has 0 unspecified atom stereocenters. The van der Waals surface area contributed by atoms with Gasteiger partial charge in [-0.2, -0.15) is 0 Å². The Balaban J connectivity index is 1.59. The lowest BCUT2D eigenvalue weighted by atomic mass is 10.1. The molecule has 0 fully saturated rings. The normalized spacial score (nSPS) is 10.7. The molecular weight excluding hydrogens is 385 g/mol. The first-order valence-electron chi connectivity index (χ1n) is 9.24. The second kappa shape index (κ2) is 8.16. The van der Waals surface area contributed by atoms with Gasteiger partial charge in [0.2, 0.25) is 0 Å². The molecule has 30 heavy (non-hydrogen) atoms.